The van der Waals surface area contributed by atoms with Crippen molar-refractivity contribution in [2.24, 2.45) is 11.8 Å². The number of nitrogens with zero attached hydrogens (tertiary/aromatic N) is 3. The van der Waals surface area contributed by atoms with Gasteiger partial charge in [0.05, 0.1) is 0 Å². The van der Waals surface area contributed by atoms with Crippen molar-refractivity contribution in [1.82, 2.24) is 14.9 Å². The van der Waals surface area contributed by atoms with Gasteiger partial charge in [-0.05, 0) is 42.9 Å². The van der Waals surface area contributed by atoms with Gasteiger partial charge in [-0.1, -0.05) is 18.2 Å². The van der Waals surface area contributed by atoms with Crippen LogP contribution in [0.15, 0.2) is 54.9 Å². The number of rotatable bonds is 3. The Bertz CT molecular complexity index is 762. The fraction of sp³-hybridized carbons (Fsp3) is 0.316. The number of anilines is 1. The van der Waals surface area contributed by atoms with Gasteiger partial charge in [0.25, 0.3) is 0 Å². The molecule has 1 aliphatic heterocycles. The maximum absolute atomic E-state index is 12.6. The topological polar surface area (TPSA) is 67.3 Å². The summed E-state index contributed by atoms with van der Waals surface area (Å²) in [5.74, 6) is 1.78. The molecule has 6 heteroatoms. The minimum atomic E-state index is -0.0532. The van der Waals surface area contributed by atoms with Crippen molar-refractivity contribution in [3.8, 4) is 11.8 Å². The molecule has 4 rings (SSSR count). The fourth-order valence-electron chi connectivity index (χ4n) is 3.46. The van der Waals surface area contributed by atoms with Gasteiger partial charge >= 0.3 is 12.0 Å². The van der Waals surface area contributed by atoms with Crippen LogP contribution < -0.4 is 10.1 Å². The second kappa shape index (κ2) is 6.93. The van der Waals surface area contributed by atoms with Gasteiger partial charge in [-0.3, -0.25) is 0 Å². The van der Waals surface area contributed by atoms with Crippen LogP contribution in [0.2, 0.25) is 0 Å². The van der Waals surface area contributed by atoms with E-state index in [4.69, 9.17) is 4.74 Å². The number of urea groups is 1. The summed E-state index contributed by atoms with van der Waals surface area (Å²) in [5.41, 5.74) is 0.700. The Morgan fingerprint density at radius 3 is 2.52 bits per heavy atom. The van der Waals surface area contributed by atoms with Crippen LogP contribution in [0, 0.1) is 11.8 Å². The molecule has 2 heterocycles. The summed E-state index contributed by atoms with van der Waals surface area (Å²) < 4.78 is 5.61. The van der Waals surface area contributed by atoms with Gasteiger partial charge in [-0.25, -0.2) is 14.8 Å². The number of benzene rings is 1. The number of allylic oxidation sites excluding steroid dienone is 2. The molecule has 1 fully saturated rings. The molecule has 6 nitrogen and oxygen atoms in total. The van der Waals surface area contributed by atoms with Crippen molar-refractivity contribution in [3.05, 3.63) is 54.9 Å². The van der Waals surface area contributed by atoms with E-state index < -0.39 is 0 Å². The van der Waals surface area contributed by atoms with Crippen LogP contribution in [0.4, 0.5) is 10.5 Å². The van der Waals surface area contributed by atoms with E-state index in [9.17, 15) is 4.79 Å². The second-order valence-electron chi connectivity index (χ2n) is 6.46. The summed E-state index contributed by atoms with van der Waals surface area (Å²) in [5, 5.41) is 2.97. The van der Waals surface area contributed by atoms with Crippen molar-refractivity contribution in [2.45, 2.75) is 12.8 Å². The molecule has 1 N–H and O–H groups in total. The smallest absolute Gasteiger partial charge is 0.321 e. The van der Waals surface area contributed by atoms with Gasteiger partial charge in [0, 0.05) is 37.2 Å². The highest BCUT2D eigenvalue weighted by Crippen LogP contribution is 2.33. The maximum atomic E-state index is 12.6. The molecular weight excluding hydrogens is 316 g/mol. The molecule has 0 saturated carbocycles. The molecule has 1 aromatic heterocycles. The average Bonchev–Trinajstić information content (AvgIpc) is 3.07. The summed E-state index contributed by atoms with van der Waals surface area (Å²) >= 11 is 0. The fourth-order valence-corrected chi connectivity index (χ4v) is 3.46. The molecule has 0 spiro atoms. The van der Waals surface area contributed by atoms with Crippen molar-refractivity contribution >= 4 is 11.7 Å². The highest BCUT2D eigenvalue weighted by Gasteiger charge is 2.35. The number of ether oxygens (including phenoxy) is 1. The molecule has 1 aliphatic carbocycles. The number of aromatic nitrogens is 2. The summed E-state index contributed by atoms with van der Waals surface area (Å²) in [6.45, 7) is 1.66. The highest BCUT2D eigenvalue weighted by molar-refractivity contribution is 5.89. The standard InChI is InChI=1S/C19H20N4O2/c24-19(23-12-14-5-1-2-6-15(14)13-23)22-16-7-3-8-17(11-16)25-18-20-9-4-10-21-18/h1-4,7-11,14-15H,5-6,12-13H2,(H,22,24). The summed E-state index contributed by atoms with van der Waals surface area (Å²) in [7, 11) is 0. The van der Waals surface area contributed by atoms with Gasteiger partial charge in [0.1, 0.15) is 5.75 Å². The van der Waals surface area contributed by atoms with E-state index in [1.54, 1.807) is 24.5 Å². The number of hydrogen-bond acceptors (Lipinski definition) is 4. The second-order valence-corrected chi connectivity index (χ2v) is 6.46. The van der Waals surface area contributed by atoms with Crippen LogP contribution in [0.1, 0.15) is 12.8 Å². The van der Waals surface area contributed by atoms with Crippen LogP contribution in [0.5, 0.6) is 11.8 Å². The monoisotopic (exact) mass is 336 g/mol. The minimum absolute atomic E-state index is 0.0532. The molecule has 2 aliphatic rings. The zero-order valence-corrected chi connectivity index (χ0v) is 13.8. The van der Waals surface area contributed by atoms with E-state index >= 15 is 0 Å². The zero-order chi connectivity index (χ0) is 17.1. The summed E-state index contributed by atoms with van der Waals surface area (Å²) in [6, 6.07) is 9.22. The molecule has 0 bridgehead atoms. The predicted molar refractivity (Wildman–Crippen MR) is 94.5 cm³/mol. The lowest BCUT2D eigenvalue weighted by atomic mass is 9.86. The van der Waals surface area contributed by atoms with E-state index in [1.165, 1.54) is 0 Å². The number of likely N-dealkylation sites (tertiary alicyclic amines) is 1. The van der Waals surface area contributed by atoms with E-state index in [2.05, 4.69) is 27.4 Å². The molecule has 25 heavy (non-hydrogen) atoms. The van der Waals surface area contributed by atoms with Crippen LogP contribution in [0.3, 0.4) is 0 Å². The molecule has 1 aromatic carbocycles. The number of hydrogen-bond donors (Lipinski definition) is 1. The molecule has 2 amide bonds. The van der Waals surface area contributed by atoms with Gasteiger partial charge < -0.3 is 15.0 Å². The molecular formula is C19H20N4O2. The lowest BCUT2D eigenvalue weighted by molar-refractivity contribution is 0.220. The molecule has 1 saturated heterocycles. The SMILES string of the molecule is O=C(Nc1cccc(Oc2ncccn2)c1)N1CC2CC=CCC2C1. The van der Waals surface area contributed by atoms with Crippen molar-refractivity contribution < 1.29 is 9.53 Å². The third-order valence-electron chi connectivity index (χ3n) is 4.74. The highest BCUT2D eigenvalue weighted by atomic mass is 16.5. The van der Waals surface area contributed by atoms with E-state index in [1.807, 2.05) is 23.1 Å². The van der Waals surface area contributed by atoms with Gasteiger partial charge in [-0.15, -0.1) is 0 Å². The van der Waals surface area contributed by atoms with Gasteiger partial charge in [-0.2, -0.15) is 0 Å². The number of carbonyl (C=O) groups is 1. The Morgan fingerprint density at radius 2 is 1.80 bits per heavy atom. The number of nitrogens with one attached hydrogen (secondary N) is 1. The quantitative estimate of drug-likeness (QED) is 0.868. The Morgan fingerprint density at radius 1 is 1.08 bits per heavy atom. The molecule has 2 atom stereocenters. The molecule has 2 unspecified atom stereocenters. The summed E-state index contributed by atoms with van der Waals surface area (Å²) in [4.78, 5) is 22.5. The Kier molecular flexibility index (Phi) is 4.33. The third-order valence-corrected chi connectivity index (χ3v) is 4.74. The lowest BCUT2D eigenvalue weighted by Crippen LogP contribution is -2.33. The van der Waals surface area contributed by atoms with Crippen molar-refractivity contribution in [2.75, 3.05) is 18.4 Å². The normalized spacial score (nSPS) is 21.7. The van der Waals surface area contributed by atoms with E-state index in [0.717, 1.165) is 25.9 Å². The lowest BCUT2D eigenvalue weighted by Gasteiger charge is -2.17. The van der Waals surface area contributed by atoms with Gasteiger partial charge in [0.15, 0.2) is 0 Å². The van der Waals surface area contributed by atoms with E-state index in [0.29, 0.717) is 23.3 Å². The maximum Gasteiger partial charge on any atom is 0.321 e. The van der Waals surface area contributed by atoms with Crippen LogP contribution >= 0.6 is 0 Å². The molecule has 2 aromatic rings. The molecule has 0 radical (unpaired) electrons. The number of fused-ring (bicyclic) bond motifs is 1. The zero-order valence-electron chi connectivity index (χ0n) is 13.8. The predicted octanol–water partition coefficient (Wildman–Crippen LogP) is 3.70. The minimum Gasteiger partial charge on any atom is -0.424 e. The number of carbonyl (C=O) groups excluding carboxylic acids is 1. The van der Waals surface area contributed by atoms with Crippen molar-refractivity contribution in [3.63, 3.8) is 0 Å². The third kappa shape index (κ3) is 3.63. The van der Waals surface area contributed by atoms with E-state index in [-0.39, 0.29) is 12.0 Å². The largest absolute Gasteiger partial charge is 0.424 e. The first-order valence-electron chi connectivity index (χ1n) is 8.54. The number of amides is 2. The first-order chi connectivity index (χ1) is 12.3. The van der Waals surface area contributed by atoms with Crippen LogP contribution in [-0.2, 0) is 0 Å². The first kappa shape index (κ1) is 15.6. The average molecular weight is 336 g/mol. The van der Waals surface area contributed by atoms with Crippen molar-refractivity contribution in [1.29, 1.82) is 0 Å². The first-order valence-corrected chi connectivity index (χ1v) is 8.54. The molecule has 128 valence electrons. The summed E-state index contributed by atoms with van der Waals surface area (Å²) in [6.07, 6.45) is 9.86. The Labute approximate surface area is 146 Å². The Hall–Kier alpha value is -2.89. The van der Waals surface area contributed by atoms with Crippen LogP contribution in [-0.4, -0.2) is 34.0 Å². The van der Waals surface area contributed by atoms with Crippen LogP contribution in [0.25, 0.3) is 0 Å². The Balaban J connectivity index is 1.39. The van der Waals surface area contributed by atoms with Gasteiger partial charge in [0.2, 0.25) is 0 Å².